The van der Waals surface area contributed by atoms with Gasteiger partial charge in [0.1, 0.15) is 0 Å². The van der Waals surface area contributed by atoms with E-state index < -0.39 is 0 Å². The first-order chi connectivity index (χ1) is 10.1. The minimum atomic E-state index is -0.0438. The van der Waals surface area contributed by atoms with Gasteiger partial charge in [0.15, 0.2) is 0 Å². The summed E-state index contributed by atoms with van der Waals surface area (Å²) in [5.41, 5.74) is 3.09. The van der Waals surface area contributed by atoms with Crippen LogP contribution in [0.15, 0.2) is 48.5 Å². The Bertz CT molecular complexity index is 626. The van der Waals surface area contributed by atoms with E-state index in [9.17, 15) is 4.79 Å². The van der Waals surface area contributed by atoms with Crippen LogP contribution in [0.25, 0.3) is 0 Å². The number of benzene rings is 2. The number of carbonyl (C=O) groups excluding carboxylic acids is 1. The number of nitrogens with one attached hydrogen (secondary N) is 2. The topological polar surface area (TPSA) is 41.1 Å². The maximum Gasteiger partial charge on any atom is 0.243 e. The zero-order valence-electron chi connectivity index (χ0n) is 12.2. The van der Waals surface area contributed by atoms with Gasteiger partial charge in [-0.05, 0) is 52.3 Å². The van der Waals surface area contributed by atoms with E-state index >= 15 is 0 Å². The summed E-state index contributed by atoms with van der Waals surface area (Å²) in [6.45, 7) is 4.55. The second kappa shape index (κ2) is 7.45. The molecule has 1 amide bonds. The zero-order valence-corrected chi connectivity index (χ0v) is 14.3. The van der Waals surface area contributed by atoms with Gasteiger partial charge < -0.3 is 10.6 Å². The van der Waals surface area contributed by atoms with Crippen LogP contribution in [0, 0.1) is 3.57 Å². The molecule has 2 aromatic carbocycles. The van der Waals surface area contributed by atoms with Gasteiger partial charge in [0.2, 0.25) is 5.91 Å². The fraction of sp³-hybridized carbons (Fsp3) is 0.235. The predicted molar refractivity (Wildman–Crippen MR) is 96.8 cm³/mol. The van der Waals surface area contributed by atoms with Gasteiger partial charge in [0.05, 0.1) is 12.2 Å². The van der Waals surface area contributed by atoms with Crippen molar-refractivity contribution in [2.75, 3.05) is 17.2 Å². The van der Waals surface area contributed by atoms with Crippen molar-refractivity contribution in [3.63, 3.8) is 0 Å². The van der Waals surface area contributed by atoms with Crippen molar-refractivity contribution < 1.29 is 4.79 Å². The standard InChI is InChI=1S/C17H19IN2O/c1-12(2)13-7-3-5-9-15(13)19-11-17(21)20-16-10-6-4-8-14(16)18/h3-10,12,19H,11H2,1-2H3,(H,20,21). The summed E-state index contributed by atoms with van der Waals surface area (Å²) >= 11 is 2.21. The number of anilines is 2. The molecule has 0 aliphatic heterocycles. The lowest BCUT2D eigenvalue weighted by molar-refractivity contribution is -0.114. The summed E-state index contributed by atoms with van der Waals surface area (Å²) in [7, 11) is 0. The maximum atomic E-state index is 12.0. The highest BCUT2D eigenvalue weighted by Gasteiger charge is 2.08. The van der Waals surface area contributed by atoms with Gasteiger partial charge in [-0.15, -0.1) is 0 Å². The van der Waals surface area contributed by atoms with E-state index in [1.807, 2.05) is 42.5 Å². The van der Waals surface area contributed by atoms with Crippen molar-refractivity contribution in [2.45, 2.75) is 19.8 Å². The molecule has 0 atom stereocenters. The van der Waals surface area contributed by atoms with E-state index in [1.165, 1.54) is 5.56 Å². The minimum Gasteiger partial charge on any atom is -0.376 e. The van der Waals surface area contributed by atoms with Crippen LogP contribution >= 0.6 is 22.6 Å². The van der Waals surface area contributed by atoms with E-state index in [-0.39, 0.29) is 12.5 Å². The van der Waals surface area contributed by atoms with Crippen LogP contribution < -0.4 is 10.6 Å². The van der Waals surface area contributed by atoms with Gasteiger partial charge in [0.25, 0.3) is 0 Å². The Morgan fingerprint density at radius 2 is 1.67 bits per heavy atom. The fourth-order valence-corrected chi connectivity index (χ4v) is 2.62. The summed E-state index contributed by atoms with van der Waals surface area (Å²) in [5.74, 6) is 0.379. The molecule has 0 radical (unpaired) electrons. The number of para-hydroxylation sites is 2. The molecular weight excluding hydrogens is 375 g/mol. The van der Waals surface area contributed by atoms with Crippen LogP contribution in [0.3, 0.4) is 0 Å². The average molecular weight is 394 g/mol. The van der Waals surface area contributed by atoms with E-state index in [1.54, 1.807) is 0 Å². The number of hydrogen-bond donors (Lipinski definition) is 2. The van der Waals surface area contributed by atoms with Crippen LogP contribution in [0.2, 0.25) is 0 Å². The molecule has 0 unspecified atom stereocenters. The maximum absolute atomic E-state index is 12.0. The molecule has 0 fully saturated rings. The molecule has 3 nitrogen and oxygen atoms in total. The molecule has 110 valence electrons. The van der Waals surface area contributed by atoms with Crippen molar-refractivity contribution in [1.82, 2.24) is 0 Å². The molecule has 0 aliphatic rings. The Balaban J connectivity index is 1.97. The lowest BCUT2D eigenvalue weighted by Gasteiger charge is -2.14. The average Bonchev–Trinajstić information content (AvgIpc) is 2.48. The van der Waals surface area contributed by atoms with Gasteiger partial charge >= 0.3 is 0 Å². The predicted octanol–water partition coefficient (Wildman–Crippen LogP) is 4.47. The third-order valence-electron chi connectivity index (χ3n) is 3.17. The molecule has 4 heteroatoms. The second-order valence-electron chi connectivity index (χ2n) is 5.12. The highest BCUT2D eigenvalue weighted by molar-refractivity contribution is 14.1. The Morgan fingerprint density at radius 3 is 2.33 bits per heavy atom. The molecule has 21 heavy (non-hydrogen) atoms. The largest absolute Gasteiger partial charge is 0.376 e. The van der Waals surface area contributed by atoms with Crippen molar-refractivity contribution in [1.29, 1.82) is 0 Å². The first-order valence-electron chi connectivity index (χ1n) is 6.95. The van der Waals surface area contributed by atoms with Crippen molar-refractivity contribution in [2.24, 2.45) is 0 Å². The molecule has 0 aliphatic carbocycles. The molecule has 0 saturated heterocycles. The summed E-state index contributed by atoms with van der Waals surface area (Å²) < 4.78 is 1.03. The lowest BCUT2D eigenvalue weighted by atomic mass is 10.0. The number of hydrogen-bond acceptors (Lipinski definition) is 2. The van der Waals surface area contributed by atoms with Crippen LogP contribution in [-0.2, 0) is 4.79 Å². The van der Waals surface area contributed by atoms with Crippen molar-refractivity contribution in [3.05, 3.63) is 57.7 Å². The van der Waals surface area contributed by atoms with Crippen LogP contribution in [0.1, 0.15) is 25.3 Å². The third kappa shape index (κ3) is 4.46. The molecule has 0 bridgehead atoms. The lowest BCUT2D eigenvalue weighted by Crippen LogP contribution is -2.22. The summed E-state index contributed by atoms with van der Waals surface area (Å²) in [4.78, 5) is 12.0. The number of amides is 1. The highest BCUT2D eigenvalue weighted by Crippen LogP contribution is 2.23. The van der Waals surface area contributed by atoms with Gasteiger partial charge in [-0.25, -0.2) is 0 Å². The third-order valence-corrected chi connectivity index (χ3v) is 4.11. The Morgan fingerprint density at radius 1 is 1.05 bits per heavy atom. The Kier molecular flexibility index (Phi) is 5.61. The van der Waals surface area contributed by atoms with Crippen LogP contribution in [-0.4, -0.2) is 12.5 Å². The second-order valence-corrected chi connectivity index (χ2v) is 6.29. The van der Waals surface area contributed by atoms with E-state index in [0.717, 1.165) is 14.9 Å². The highest BCUT2D eigenvalue weighted by atomic mass is 127. The molecular formula is C17H19IN2O. The summed E-state index contributed by atoms with van der Waals surface area (Å²) in [6, 6.07) is 15.8. The molecule has 2 rings (SSSR count). The Labute approximate surface area is 139 Å². The molecule has 0 aromatic heterocycles. The van der Waals surface area contributed by atoms with Crippen molar-refractivity contribution >= 4 is 39.9 Å². The van der Waals surface area contributed by atoms with Crippen LogP contribution in [0.4, 0.5) is 11.4 Å². The smallest absolute Gasteiger partial charge is 0.243 e. The molecule has 0 heterocycles. The van der Waals surface area contributed by atoms with Gasteiger partial charge in [-0.3, -0.25) is 4.79 Å². The van der Waals surface area contributed by atoms with Gasteiger partial charge in [-0.2, -0.15) is 0 Å². The van der Waals surface area contributed by atoms with Crippen molar-refractivity contribution in [3.8, 4) is 0 Å². The molecule has 0 saturated carbocycles. The molecule has 2 aromatic rings. The summed E-state index contributed by atoms with van der Waals surface area (Å²) in [5, 5.41) is 6.14. The fourth-order valence-electron chi connectivity index (χ4n) is 2.09. The Hall–Kier alpha value is -1.56. The number of halogens is 1. The monoisotopic (exact) mass is 394 g/mol. The first-order valence-corrected chi connectivity index (χ1v) is 8.03. The minimum absolute atomic E-state index is 0.0438. The molecule has 0 spiro atoms. The van der Waals surface area contributed by atoms with E-state index in [0.29, 0.717) is 5.92 Å². The first kappa shape index (κ1) is 15.8. The SMILES string of the molecule is CC(C)c1ccccc1NCC(=O)Nc1ccccc1I. The number of carbonyl (C=O) groups is 1. The van der Waals surface area contributed by atoms with Crippen LogP contribution in [0.5, 0.6) is 0 Å². The number of rotatable bonds is 5. The van der Waals surface area contributed by atoms with E-state index in [4.69, 9.17) is 0 Å². The quantitative estimate of drug-likeness (QED) is 0.735. The van der Waals surface area contributed by atoms with E-state index in [2.05, 4.69) is 53.1 Å². The van der Waals surface area contributed by atoms with Gasteiger partial charge in [0, 0.05) is 9.26 Å². The summed E-state index contributed by atoms with van der Waals surface area (Å²) in [6.07, 6.45) is 0. The van der Waals surface area contributed by atoms with Gasteiger partial charge in [-0.1, -0.05) is 44.2 Å². The molecule has 2 N–H and O–H groups in total. The normalized spacial score (nSPS) is 10.5. The zero-order chi connectivity index (χ0) is 15.2.